The van der Waals surface area contributed by atoms with E-state index in [4.69, 9.17) is 9.47 Å². The molecule has 154 valence electrons. The van der Waals surface area contributed by atoms with Crippen molar-refractivity contribution in [1.29, 1.82) is 0 Å². The molecule has 0 bridgehead atoms. The minimum Gasteiger partial charge on any atom is -0.453 e. The van der Waals surface area contributed by atoms with Crippen LogP contribution in [-0.2, 0) is 27.5 Å². The van der Waals surface area contributed by atoms with Gasteiger partial charge in [-0.3, -0.25) is 4.79 Å². The van der Waals surface area contributed by atoms with Crippen molar-refractivity contribution in [1.82, 2.24) is 10.6 Å². The van der Waals surface area contributed by atoms with E-state index in [2.05, 4.69) is 10.6 Å². The van der Waals surface area contributed by atoms with E-state index < -0.39 is 6.09 Å². The number of hydrogen-bond donors (Lipinski definition) is 2. The van der Waals surface area contributed by atoms with E-state index in [-0.39, 0.29) is 37.4 Å². The van der Waals surface area contributed by atoms with Crippen LogP contribution in [0.15, 0.2) is 60.7 Å². The zero-order valence-corrected chi connectivity index (χ0v) is 16.8. The predicted molar refractivity (Wildman–Crippen MR) is 111 cm³/mol. The van der Waals surface area contributed by atoms with Crippen LogP contribution in [0, 0.1) is 0 Å². The van der Waals surface area contributed by atoms with Gasteiger partial charge in [-0.05, 0) is 22.9 Å². The van der Waals surface area contributed by atoms with Gasteiger partial charge in [0.2, 0.25) is 5.91 Å². The fraction of sp³-hybridized carbons (Fsp3) is 0.286. The second kappa shape index (κ2) is 13.2. The second-order valence-corrected chi connectivity index (χ2v) is 6.99. The molecule has 2 aromatic carbocycles. The smallest absolute Gasteiger partial charge is 0.407 e. The number of thioether (sulfide) groups is 1. The maximum Gasteiger partial charge on any atom is 0.407 e. The molecule has 2 aromatic rings. The lowest BCUT2D eigenvalue weighted by Crippen LogP contribution is -2.32. The van der Waals surface area contributed by atoms with Crippen LogP contribution >= 0.6 is 11.8 Å². The third-order valence-electron chi connectivity index (χ3n) is 3.68. The molecule has 0 fully saturated rings. The quantitative estimate of drug-likeness (QED) is 0.455. The predicted octanol–water partition coefficient (Wildman–Crippen LogP) is 3.49. The van der Waals surface area contributed by atoms with Crippen LogP contribution in [0.2, 0.25) is 0 Å². The van der Waals surface area contributed by atoms with E-state index in [0.29, 0.717) is 12.3 Å². The molecule has 0 unspecified atom stereocenters. The van der Waals surface area contributed by atoms with Gasteiger partial charge in [0.1, 0.15) is 13.2 Å². The number of carbonyl (C=O) groups excluding carboxylic acids is 3. The molecule has 0 atom stereocenters. The standard InChI is InChI=1S/C21H24N2O5S/c24-19(11-12-23-20(25)27-15-17-7-3-1-4-8-17)22-13-14-29-21(26)28-16-18-9-5-2-6-10-18/h1-10H,11-16H2,(H,22,24)(H,23,25). The number of ether oxygens (including phenoxy) is 2. The van der Waals surface area contributed by atoms with Crippen molar-refractivity contribution in [2.24, 2.45) is 0 Å². The lowest BCUT2D eigenvalue weighted by Gasteiger charge is -2.08. The molecule has 7 nitrogen and oxygen atoms in total. The molecule has 0 saturated heterocycles. The maximum atomic E-state index is 11.7. The highest BCUT2D eigenvalue weighted by molar-refractivity contribution is 8.13. The van der Waals surface area contributed by atoms with Crippen LogP contribution in [0.4, 0.5) is 9.59 Å². The number of carbonyl (C=O) groups is 3. The molecule has 0 aliphatic heterocycles. The number of rotatable bonds is 10. The summed E-state index contributed by atoms with van der Waals surface area (Å²) in [5, 5.41) is 4.82. The first-order chi connectivity index (χ1) is 14.1. The van der Waals surface area contributed by atoms with Gasteiger partial charge < -0.3 is 20.1 Å². The average Bonchev–Trinajstić information content (AvgIpc) is 2.75. The van der Waals surface area contributed by atoms with E-state index >= 15 is 0 Å². The summed E-state index contributed by atoms with van der Waals surface area (Å²) in [6, 6.07) is 18.7. The molecule has 0 spiro atoms. The Morgan fingerprint density at radius 1 is 0.759 bits per heavy atom. The molecular weight excluding hydrogens is 392 g/mol. The Balaban J connectivity index is 1.46. The van der Waals surface area contributed by atoms with Crippen LogP contribution in [0.1, 0.15) is 17.5 Å². The first-order valence-corrected chi connectivity index (χ1v) is 10.2. The molecule has 0 aliphatic rings. The maximum absolute atomic E-state index is 11.7. The van der Waals surface area contributed by atoms with Gasteiger partial charge >= 0.3 is 11.4 Å². The monoisotopic (exact) mass is 416 g/mol. The van der Waals surface area contributed by atoms with Crippen molar-refractivity contribution >= 4 is 29.1 Å². The molecule has 0 aliphatic carbocycles. The molecule has 29 heavy (non-hydrogen) atoms. The van der Waals surface area contributed by atoms with Gasteiger partial charge in [-0.1, -0.05) is 60.7 Å². The highest BCUT2D eigenvalue weighted by atomic mass is 32.2. The topological polar surface area (TPSA) is 93.7 Å². The Kier molecular flexibility index (Phi) is 10.2. The SMILES string of the molecule is O=C(CCNC(=O)OCc1ccccc1)NCCSC(=O)OCc1ccccc1. The fourth-order valence-corrected chi connectivity index (χ4v) is 2.74. The van der Waals surface area contributed by atoms with Crippen molar-refractivity contribution in [2.75, 3.05) is 18.8 Å². The summed E-state index contributed by atoms with van der Waals surface area (Å²) in [5.74, 6) is 0.193. The van der Waals surface area contributed by atoms with E-state index in [1.807, 2.05) is 60.7 Å². The summed E-state index contributed by atoms with van der Waals surface area (Å²) < 4.78 is 10.2. The number of hydrogen-bond acceptors (Lipinski definition) is 6. The van der Waals surface area contributed by atoms with Crippen molar-refractivity contribution in [3.8, 4) is 0 Å². The Hall–Kier alpha value is -3.00. The summed E-state index contributed by atoms with van der Waals surface area (Å²) in [4.78, 5) is 34.9. The first-order valence-electron chi connectivity index (χ1n) is 9.18. The molecule has 8 heteroatoms. The molecule has 0 aromatic heterocycles. The highest BCUT2D eigenvalue weighted by Gasteiger charge is 2.07. The third-order valence-corrected chi connectivity index (χ3v) is 4.44. The number of benzene rings is 2. The number of alkyl carbamates (subject to hydrolysis) is 1. The molecule has 2 N–H and O–H groups in total. The normalized spacial score (nSPS) is 10.1. The van der Waals surface area contributed by atoms with Gasteiger partial charge in [0, 0.05) is 25.3 Å². The van der Waals surface area contributed by atoms with Crippen molar-refractivity contribution in [2.45, 2.75) is 19.6 Å². The van der Waals surface area contributed by atoms with E-state index in [1.54, 1.807) is 0 Å². The molecule has 0 saturated carbocycles. The lowest BCUT2D eigenvalue weighted by molar-refractivity contribution is -0.120. The molecular formula is C21H24N2O5S. The molecule has 2 amide bonds. The summed E-state index contributed by atoms with van der Waals surface area (Å²) >= 11 is 1.01. The van der Waals surface area contributed by atoms with E-state index in [0.717, 1.165) is 22.9 Å². The zero-order valence-electron chi connectivity index (χ0n) is 16.0. The highest BCUT2D eigenvalue weighted by Crippen LogP contribution is 2.08. The van der Waals surface area contributed by atoms with Gasteiger partial charge in [0.25, 0.3) is 0 Å². The van der Waals surface area contributed by atoms with E-state index in [1.165, 1.54) is 0 Å². The van der Waals surface area contributed by atoms with Crippen LogP contribution < -0.4 is 10.6 Å². The minimum absolute atomic E-state index is 0.129. The van der Waals surface area contributed by atoms with Crippen LogP contribution in [0.3, 0.4) is 0 Å². The molecule has 2 rings (SSSR count). The Morgan fingerprint density at radius 2 is 1.34 bits per heavy atom. The molecule has 0 heterocycles. The zero-order chi connectivity index (χ0) is 20.7. The summed E-state index contributed by atoms with van der Waals surface area (Å²) in [7, 11) is 0. The summed E-state index contributed by atoms with van der Waals surface area (Å²) in [5.41, 5.74) is 1.81. The van der Waals surface area contributed by atoms with Gasteiger partial charge in [0.15, 0.2) is 0 Å². The number of amides is 2. The van der Waals surface area contributed by atoms with Crippen molar-refractivity contribution < 1.29 is 23.9 Å². The van der Waals surface area contributed by atoms with Gasteiger partial charge in [-0.2, -0.15) is 0 Å². The fourth-order valence-electron chi connectivity index (χ4n) is 2.22. The average molecular weight is 416 g/mol. The third kappa shape index (κ3) is 10.2. The van der Waals surface area contributed by atoms with Crippen molar-refractivity contribution in [3.63, 3.8) is 0 Å². The Labute approximate surface area is 174 Å². The van der Waals surface area contributed by atoms with E-state index in [9.17, 15) is 14.4 Å². The van der Waals surface area contributed by atoms with Crippen molar-refractivity contribution in [3.05, 3.63) is 71.8 Å². The second-order valence-electron chi connectivity index (χ2n) is 5.96. The van der Waals surface area contributed by atoms with Gasteiger partial charge in [-0.15, -0.1) is 0 Å². The van der Waals surface area contributed by atoms with Gasteiger partial charge in [0.05, 0.1) is 0 Å². The first kappa shape index (κ1) is 22.3. The van der Waals surface area contributed by atoms with Crippen LogP contribution in [-0.4, -0.2) is 36.1 Å². The summed E-state index contributed by atoms with van der Waals surface area (Å²) in [6.45, 7) is 0.912. The number of nitrogens with one attached hydrogen (secondary N) is 2. The minimum atomic E-state index is -0.571. The molecule has 0 radical (unpaired) electrons. The largest absolute Gasteiger partial charge is 0.453 e. The summed E-state index contributed by atoms with van der Waals surface area (Å²) in [6.07, 6.45) is -0.442. The van der Waals surface area contributed by atoms with Crippen LogP contribution in [0.25, 0.3) is 0 Å². The van der Waals surface area contributed by atoms with Crippen LogP contribution in [0.5, 0.6) is 0 Å². The Bertz CT molecular complexity index is 771. The Morgan fingerprint density at radius 3 is 1.97 bits per heavy atom. The van der Waals surface area contributed by atoms with Gasteiger partial charge in [-0.25, -0.2) is 9.59 Å². The lowest BCUT2D eigenvalue weighted by atomic mass is 10.2.